The molecule has 4 aliphatic carbocycles. The summed E-state index contributed by atoms with van der Waals surface area (Å²) < 4.78 is 88.2. The Kier molecular flexibility index (Phi) is 21.3. The van der Waals surface area contributed by atoms with Crippen molar-refractivity contribution >= 4 is 0 Å². The van der Waals surface area contributed by atoms with Crippen LogP contribution in [0.1, 0.15) is 106 Å². The molecule has 1 spiro atoms. The molecule has 30 nitrogen and oxygen atoms in total. The molecule has 92 heavy (non-hydrogen) atoms. The van der Waals surface area contributed by atoms with Crippen LogP contribution < -0.4 is 0 Å². The molecule has 12 fully saturated rings. The van der Waals surface area contributed by atoms with Crippen molar-refractivity contribution in [3.05, 3.63) is 0 Å². The average molecular weight is 1330 g/mol. The van der Waals surface area contributed by atoms with Crippen LogP contribution in [0.4, 0.5) is 0 Å². The van der Waals surface area contributed by atoms with Crippen molar-refractivity contribution in [1.82, 2.24) is 0 Å². The summed E-state index contributed by atoms with van der Waals surface area (Å²) in [5, 5.41) is 177. The fraction of sp³-hybridized carbons (Fsp3) is 1.00. The molecule has 12 rings (SSSR count). The lowest BCUT2D eigenvalue weighted by molar-refractivity contribution is -0.417. The van der Waals surface area contributed by atoms with Crippen molar-refractivity contribution in [2.24, 2.45) is 52.3 Å². The van der Waals surface area contributed by atoms with E-state index in [1.165, 1.54) is 13.8 Å². The Morgan fingerprint density at radius 3 is 1.55 bits per heavy atom. The first kappa shape index (κ1) is 70.7. The van der Waals surface area contributed by atoms with Gasteiger partial charge in [-0.1, -0.05) is 27.7 Å². The first-order valence-electron chi connectivity index (χ1n) is 33.5. The molecule has 12 aliphatic rings. The zero-order valence-electron chi connectivity index (χ0n) is 52.9. The maximum Gasteiger partial charge on any atom is 0.187 e. The lowest BCUT2D eigenvalue weighted by Gasteiger charge is -2.61. The second-order valence-corrected chi connectivity index (χ2v) is 29.5. The molecule has 16 N–H and O–H groups in total. The third kappa shape index (κ3) is 12.5. The molecule has 4 saturated carbocycles. The SMILES string of the molecule is C[C@@H]1CC[C@@]2(OC1)O[C@@H]1C[C@H]3[C@@H]4CC[C@H]5C[C@H](O[C@H]6O[C@@H](CO)[C@H](O)[C@@H](O[C@H]7O[C@@H](CO)[C@H](O)[C@@H](O[C@H]8O[C@@H](CO)[C@H](O)[C@@H](O)[C@@H]8O)[C@@H]7O[C@H]7O[C@@H](C)[C@H](O)[C@@H](O)[C@@H]7O)[C@@H]6O[C@H]6O[C@@H](C)[C@H](O[C@H]7OC[C@H](O)[C@@H](O)[C@@H]7O)[C@@H](O)[C@@H]6O)CC[C@@]5(C)[C@H]4CC[C@@]3(C)[C@@H]1[C@H]2C. The predicted molar refractivity (Wildman–Crippen MR) is 305 cm³/mol. The Hall–Kier alpha value is -1.20. The van der Waals surface area contributed by atoms with Crippen molar-refractivity contribution in [3.63, 3.8) is 0 Å². The normalized spacial score (nSPS) is 58.0. The number of hydrogen-bond acceptors (Lipinski definition) is 30. The molecular weight excluding hydrogens is 1220 g/mol. The molecule has 0 aromatic carbocycles. The first-order valence-corrected chi connectivity index (χ1v) is 33.5. The van der Waals surface area contributed by atoms with Crippen LogP contribution in [0.5, 0.6) is 0 Å². The zero-order valence-corrected chi connectivity index (χ0v) is 52.9. The summed E-state index contributed by atoms with van der Waals surface area (Å²) in [6.45, 7) is 9.79. The van der Waals surface area contributed by atoms with E-state index < -0.39 is 216 Å². The standard InChI is InChI=1S/C62H102O30/c1-22-9-14-62(80-20-22)23(2)36-32(92-62)16-30-28-8-7-26-15-27(10-12-60(26,5)29(28)11-13-61(30,36)6)83-58-52(90-56-48(78)44(74)49(25(4)82-56)87-54-45(75)38(68)31(66)21-79-54)51(41(71)34(18-64)85-58)89-59-53(91-55-46(76)42(72)37(67)24(3)81-55)50(40(70)35(19-65)86-59)88-57-47(77)43(73)39(69)33(17-63)84-57/h22-59,63-78H,7-21H2,1-6H3/t22-,23-,24+,25+,26+,27-,28-,29+,30+,31+,32-,33+,34+,35+,36-,37+,38-,39+,40+,41+,42-,43-,44+,45+,46+,47+,48+,49+,50-,51-,52+,53+,54-,55-,56-,57-,58+,59-,60-,61-,62-/m1/s1. The highest BCUT2D eigenvalue weighted by Gasteiger charge is 2.70. The number of fused-ring (bicyclic) bond motifs is 7. The van der Waals surface area contributed by atoms with Crippen LogP contribution in [-0.4, -0.2) is 311 Å². The van der Waals surface area contributed by atoms with Gasteiger partial charge in [0.25, 0.3) is 0 Å². The van der Waals surface area contributed by atoms with Gasteiger partial charge in [0.1, 0.15) is 128 Å². The molecule has 0 radical (unpaired) electrons. The van der Waals surface area contributed by atoms with E-state index in [0.29, 0.717) is 49.0 Å². The van der Waals surface area contributed by atoms with Gasteiger partial charge in [0.2, 0.25) is 0 Å². The third-order valence-corrected chi connectivity index (χ3v) is 24.2. The molecule has 0 amide bonds. The molecule has 8 heterocycles. The van der Waals surface area contributed by atoms with Crippen LogP contribution in [-0.2, 0) is 66.3 Å². The van der Waals surface area contributed by atoms with Crippen molar-refractivity contribution in [2.45, 2.75) is 302 Å². The minimum Gasteiger partial charge on any atom is -0.394 e. The number of aliphatic hydroxyl groups is 16. The maximum absolute atomic E-state index is 12.5. The Labute approximate surface area is 533 Å². The van der Waals surface area contributed by atoms with Gasteiger partial charge in [-0.3, -0.25) is 0 Å². The second kappa shape index (κ2) is 27.7. The van der Waals surface area contributed by atoms with E-state index in [-0.39, 0.29) is 28.8 Å². The van der Waals surface area contributed by atoms with Crippen LogP contribution in [0, 0.1) is 52.3 Å². The Morgan fingerprint density at radius 2 is 0.935 bits per heavy atom. The lowest BCUT2D eigenvalue weighted by atomic mass is 9.44. The highest BCUT2D eigenvalue weighted by atomic mass is 16.8. The van der Waals surface area contributed by atoms with Gasteiger partial charge in [-0.2, -0.15) is 0 Å². The molecule has 30 heteroatoms. The quantitative estimate of drug-likeness (QED) is 0.0687. The van der Waals surface area contributed by atoms with Crippen molar-refractivity contribution in [2.75, 3.05) is 33.0 Å². The molecule has 0 aromatic rings. The largest absolute Gasteiger partial charge is 0.394 e. The second-order valence-electron chi connectivity index (χ2n) is 29.5. The summed E-state index contributed by atoms with van der Waals surface area (Å²) >= 11 is 0. The molecule has 0 bridgehead atoms. The van der Waals surface area contributed by atoms with Gasteiger partial charge in [0.05, 0.1) is 57.5 Å². The predicted octanol–water partition coefficient (Wildman–Crippen LogP) is -4.57. The van der Waals surface area contributed by atoms with E-state index in [0.717, 1.165) is 51.4 Å². The first-order chi connectivity index (χ1) is 43.7. The van der Waals surface area contributed by atoms with E-state index in [1.54, 1.807) is 0 Å². The number of aliphatic hydroxyl groups excluding tert-OH is 16. The Morgan fingerprint density at radius 1 is 0.413 bits per heavy atom. The minimum atomic E-state index is -2.09. The third-order valence-electron chi connectivity index (χ3n) is 24.2. The molecule has 0 aromatic heterocycles. The average Bonchev–Trinajstić information content (AvgIpc) is 1.50. The van der Waals surface area contributed by atoms with E-state index in [1.807, 2.05) is 0 Å². The summed E-state index contributed by atoms with van der Waals surface area (Å²) in [6, 6.07) is 0. The molecule has 8 saturated heterocycles. The van der Waals surface area contributed by atoms with Crippen LogP contribution in [0.15, 0.2) is 0 Å². The fourth-order valence-corrected chi connectivity index (χ4v) is 18.7. The van der Waals surface area contributed by atoms with Crippen molar-refractivity contribution in [1.29, 1.82) is 0 Å². The minimum absolute atomic E-state index is 0.0740. The number of hydrogen-bond donors (Lipinski definition) is 16. The maximum atomic E-state index is 12.5. The smallest absolute Gasteiger partial charge is 0.187 e. The van der Waals surface area contributed by atoms with Gasteiger partial charge in [0, 0.05) is 12.3 Å². The van der Waals surface area contributed by atoms with Gasteiger partial charge >= 0.3 is 0 Å². The van der Waals surface area contributed by atoms with Crippen LogP contribution >= 0.6 is 0 Å². The molecule has 8 aliphatic heterocycles. The molecule has 530 valence electrons. The summed E-state index contributed by atoms with van der Waals surface area (Å²) in [7, 11) is 0. The zero-order chi connectivity index (χ0) is 65.9. The van der Waals surface area contributed by atoms with Crippen LogP contribution in [0.2, 0.25) is 0 Å². The summed E-state index contributed by atoms with van der Waals surface area (Å²) in [5.41, 5.74) is 0.0267. The van der Waals surface area contributed by atoms with Crippen molar-refractivity contribution < 1.29 is 148 Å². The van der Waals surface area contributed by atoms with Crippen molar-refractivity contribution in [3.8, 4) is 0 Å². The Bertz CT molecular complexity index is 2430. The summed E-state index contributed by atoms with van der Waals surface area (Å²) in [6.07, 6.45) is -43.4. The number of ether oxygens (including phenoxy) is 14. The topological polar surface area (TPSA) is 453 Å². The van der Waals surface area contributed by atoms with E-state index in [4.69, 9.17) is 66.3 Å². The molecule has 0 unspecified atom stereocenters. The van der Waals surface area contributed by atoms with Gasteiger partial charge in [0.15, 0.2) is 43.5 Å². The monoisotopic (exact) mass is 1330 g/mol. The molecule has 41 atom stereocenters. The number of rotatable bonds is 15. The van der Waals surface area contributed by atoms with E-state index in [9.17, 15) is 81.7 Å². The van der Waals surface area contributed by atoms with Gasteiger partial charge in [-0.05, 0) is 118 Å². The van der Waals surface area contributed by atoms with E-state index in [2.05, 4.69) is 27.7 Å². The van der Waals surface area contributed by atoms with Gasteiger partial charge in [-0.15, -0.1) is 0 Å². The highest BCUT2D eigenvalue weighted by Crippen LogP contribution is 2.71. The fourth-order valence-electron chi connectivity index (χ4n) is 18.7. The van der Waals surface area contributed by atoms with Gasteiger partial charge in [-0.25, -0.2) is 0 Å². The Balaban J connectivity index is 0.835. The summed E-state index contributed by atoms with van der Waals surface area (Å²) in [5.74, 6) is 2.24. The lowest BCUT2D eigenvalue weighted by Crippen LogP contribution is -2.69. The summed E-state index contributed by atoms with van der Waals surface area (Å²) in [4.78, 5) is 0. The van der Waals surface area contributed by atoms with Crippen LogP contribution in [0.25, 0.3) is 0 Å². The van der Waals surface area contributed by atoms with Crippen LogP contribution in [0.3, 0.4) is 0 Å². The van der Waals surface area contributed by atoms with E-state index >= 15 is 0 Å². The van der Waals surface area contributed by atoms with Gasteiger partial charge < -0.3 is 148 Å². The molecular formula is C62H102O30. The highest BCUT2D eigenvalue weighted by molar-refractivity contribution is 5.16.